The molecule has 0 saturated carbocycles. The predicted octanol–water partition coefficient (Wildman–Crippen LogP) is 4.56. The van der Waals surface area contributed by atoms with Gasteiger partial charge in [0.1, 0.15) is 23.7 Å². The number of halogens is 1. The van der Waals surface area contributed by atoms with Crippen molar-refractivity contribution in [1.29, 1.82) is 0 Å². The minimum atomic E-state index is -1.64. The van der Waals surface area contributed by atoms with Crippen molar-refractivity contribution in [2.75, 3.05) is 49.2 Å². The summed E-state index contributed by atoms with van der Waals surface area (Å²) in [4.78, 5) is 116. The number of hydrogen-bond acceptors (Lipinski definition) is 17. The van der Waals surface area contributed by atoms with Gasteiger partial charge in [-0.25, -0.2) is 4.79 Å². The lowest BCUT2D eigenvalue weighted by atomic mass is 10.0. The molecule has 446 valence electrons. The van der Waals surface area contributed by atoms with Crippen LogP contribution in [0.2, 0.25) is 0 Å². The van der Waals surface area contributed by atoms with Crippen LogP contribution in [-0.2, 0) is 43.1 Å². The SMILES string of the molecule is CCCC(NC(=O)[C@@H]1CC2(CN1)SCCCS2)C(O)C(=O)NCC(=O)N[C@H](C(C)=O)c1ccccc1.CCCC(NC(=O)[C@@H]1CC2(CN1C(=O)OC(C)(C)C)SCCCS2)C(O)C(=O)NCC(=O)N[C@H](C(C)=O)c1ccccc1.Cl.[HH]. The molecule has 4 fully saturated rings. The third-order valence-electron chi connectivity index (χ3n) is 13.4. The van der Waals surface area contributed by atoms with Crippen LogP contribution in [0.3, 0.4) is 0 Å². The van der Waals surface area contributed by atoms with Crippen LogP contribution in [0.25, 0.3) is 0 Å². The molecule has 2 spiro atoms. The Morgan fingerprint density at radius 2 is 1.09 bits per heavy atom. The number of carbonyl (C=O) groups is 9. The lowest BCUT2D eigenvalue weighted by Crippen LogP contribution is -2.56. The van der Waals surface area contributed by atoms with Crippen LogP contribution in [0.1, 0.15) is 124 Å². The standard InChI is InChI=1S/C30H44N4O7S2.C25H36N4O5S2.ClH.H2/c1-6-11-21(25(37)27(39)31-17-23(36)33-24(19(2)35)20-12-8-7-9-13-20)32-26(38)22-16-30(42-14-10-15-43-30)18-34(22)28(40)41-29(3,4)5;1-3-8-18(28-23(33)19-13-25(15-27-19)35-11-7-12-36-25)22(32)24(34)26-14-20(31)29-21(16(2)30)17-9-5-4-6-10-17;;/h7-9,12-13,21-22,24-25,37H,6,10-11,14-18H2,1-5H3,(H,31,39)(H,32,38)(H,33,36);4-6,9-10,18-19,21-22,27,32H,3,7-8,11-15H2,1-2H3,(H,26,34)(H,28,33)(H,29,31);2*1H/t21?,22-,24+,25?;18?,19-,21+,22?;;/m00../s1. The topological polar surface area (TPSA) is 291 Å². The van der Waals surface area contributed by atoms with Gasteiger partial charge in [0.2, 0.25) is 23.6 Å². The van der Waals surface area contributed by atoms with E-state index in [2.05, 4.69) is 37.2 Å². The molecule has 4 unspecified atom stereocenters. The molecule has 2 aromatic rings. The summed E-state index contributed by atoms with van der Waals surface area (Å²) in [6.07, 6.45) is 1.55. The quantitative estimate of drug-likeness (QED) is 0.0781. The summed E-state index contributed by atoms with van der Waals surface area (Å²) in [5.41, 5.74) is 0.514. The summed E-state index contributed by atoms with van der Waals surface area (Å²) in [5, 5.41) is 40.6. The number of hydrogen-bond donors (Lipinski definition) is 9. The van der Waals surface area contributed by atoms with Crippen molar-refractivity contribution in [3.8, 4) is 0 Å². The normalized spacial score (nSPS) is 20.3. The molecule has 0 bridgehead atoms. The number of benzene rings is 2. The van der Waals surface area contributed by atoms with E-state index in [9.17, 15) is 53.4 Å². The number of thioether (sulfide) groups is 4. The molecule has 0 aromatic heterocycles. The van der Waals surface area contributed by atoms with Crippen molar-refractivity contribution in [2.24, 2.45) is 0 Å². The van der Waals surface area contributed by atoms with Crippen molar-refractivity contribution in [2.45, 2.75) is 162 Å². The Labute approximate surface area is 494 Å². The third-order valence-corrected chi connectivity index (χ3v) is 20.1. The highest BCUT2D eigenvalue weighted by atomic mass is 35.5. The van der Waals surface area contributed by atoms with Gasteiger partial charge in [-0.05, 0) is 101 Å². The Kier molecular flexibility index (Phi) is 27.5. The Bertz CT molecular complexity index is 2420. The van der Waals surface area contributed by atoms with Gasteiger partial charge in [0, 0.05) is 20.9 Å². The summed E-state index contributed by atoms with van der Waals surface area (Å²) in [7, 11) is 0. The highest BCUT2D eigenvalue weighted by Gasteiger charge is 2.52. The second kappa shape index (κ2) is 32.3. The molecule has 25 heteroatoms. The molecule has 6 rings (SSSR count). The summed E-state index contributed by atoms with van der Waals surface area (Å²) in [6, 6.07) is 12.9. The number of ether oxygens (including phenoxy) is 1. The number of nitrogens with zero attached hydrogens (tertiary/aromatic N) is 1. The van der Waals surface area contributed by atoms with Crippen LogP contribution in [0.5, 0.6) is 0 Å². The van der Waals surface area contributed by atoms with Crippen LogP contribution in [0.4, 0.5) is 4.79 Å². The minimum absolute atomic E-state index is 0. The highest BCUT2D eigenvalue weighted by molar-refractivity contribution is 8.19. The van der Waals surface area contributed by atoms with Crippen LogP contribution in [0, 0.1) is 0 Å². The van der Waals surface area contributed by atoms with E-state index < -0.39 is 96.7 Å². The molecule has 4 saturated heterocycles. The maximum atomic E-state index is 13.6. The third kappa shape index (κ3) is 20.4. The maximum Gasteiger partial charge on any atom is 0.411 e. The van der Waals surface area contributed by atoms with Gasteiger partial charge >= 0.3 is 6.09 Å². The number of likely N-dealkylation sites (tertiary alicyclic amines) is 1. The van der Waals surface area contributed by atoms with Crippen LogP contribution >= 0.6 is 59.5 Å². The number of amides is 7. The maximum absolute atomic E-state index is 13.6. The average molecular weight is 1210 g/mol. The van der Waals surface area contributed by atoms with Crippen molar-refractivity contribution in [1.82, 2.24) is 42.1 Å². The van der Waals surface area contributed by atoms with Crippen LogP contribution in [0.15, 0.2) is 60.7 Å². The zero-order chi connectivity index (χ0) is 57.9. The molecule has 7 amide bonds. The molecule has 4 heterocycles. The first-order chi connectivity index (χ1) is 37.5. The van der Waals surface area contributed by atoms with Gasteiger partial charge in [-0.1, -0.05) is 87.4 Å². The summed E-state index contributed by atoms with van der Waals surface area (Å²) < 4.78 is 5.31. The largest absolute Gasteiger partial charge is 0.444 e. The zero-order valence-electron chi connectivity index (χ0n) is 46.7. The Hall–Kier alpha value is -4.56. The Balaban J connectivity index is 0.000000421. The first-order valence-electron chi connectivity index (χ1n) is 27.0. The Morgan fingerprint density at radius 1 is 0.662 bits per heavy atom. The van der Waals surface area contributed by atoms with Crippen molar-refractivity contribution in [3.63, 3.8) is 0 Å². The van der Waals surface area contributed by atoms with E-state index in [1.807, 2.05) is 43.4 Å². The van der Waals surface area contributed by atoms with E-state index in [1.54, 1.807) is 98.9 Å². The first-order valence-corrected chi connectivity index (χ1v) is 30.9. The minimum Gasteiger partial charge on any atom is -0.444 e. The lowest BCUT2D eigenvalue weighted by molar-refractivity contribution is -0.135. The number of carbonyl (C=O) groups excluding carboxylic acids is 9. The van der Waals surface area contributed by atoms with Gasteiger partial charge in [-0.3, -0.25) is 43.3 Å². The number of rotatable bonds is 22. The van der Waals surface area contributed by atoms with E-state index in [0.29, 0.717) is 56.2 Å². The van der Waals surface area contributed by atoms with Crippen LogP contribution < -0.4 is 37.2 Å². The first kappa shape index (κ1) is 67.9. The number of ketones is 2. The molecular weight excluding hydrogens is 1130 g/mol. The molecule has 2 aromatic carbocycles. The monoisotopic (exact) mass is 1210 g/mol. The molecule has 4 aliphatic rings. The van der Waals surface area contributed by atoms with Gasteiger partial charge in [0.25, 0.3) is 11.8 Å². The van der Waals surface area contributed by atoms with Crippen molar-refractivity contribution in [3.05, 3.63) is 71.8 Å². The van der Waals surface area contributed by atoms with Gasteiger partial charge in [0.15, 0.2) is 23.8 Å². The molecule has 8 atom stereocenters. The summed E-state index contributed by atoms with van der Waals surface area (Å²) >= 11 is 7.29. The van der Waals surface area contributed by atoms with E-state index in [0.717, 1.165) is 36.0 Å². The van der Waals surface area contributed by atoms with Gasteiger partial charge in [-0.15, -0.1) is 59.5 Å². The van der Waals surface area contributed by atoms with Crippen molar-refractivity contribution >= 4 is 113 Å². The number of nitrogens with one attached hydrogen (secondary N) is 7. The Morgan fingerprint density at radius 3 is 1.50 bits per heavy atom. The fourth-order valence-electron chi connectivity index (χ4n) is 9.43. The molecular formula is C55H83ClN8O12S4. The number of Topliss-reactive ketones (excluding diaryl/α,β-unsaturated/α-hetero) is 2. The van der Waals surface area contributed by atoms with E-state index in [4.69, 9.17) is 4.74 Å². The highest BCUT2D eigenvalue weighted by Crippen LogP contribution is 2.51. The van der Waals surface area contributed by atoms with E-state index >= 15 is 0 Å². The van der Waals surface area contributed by atoms with Gasteiger partial charge in [-0.2, -0.15) is 0 Å². The lowest BCUT2D eigenvalue weighted by Gasteiger charge is -2.32. The fourth-order valence-corrected chi connectivity index (χ4v) is 16.1. The van der Waals surface area contributed by atoms with Gasteiger partial charge < -0.3 is 52.2 Å². The van der Waals surface area contributed by atoms with Crippen molar-refractivity contribution < 1.29 is 59.5 Å². The summed E-state index contributed by atoms with van der Waals surface area (Å²) in [6.45, 7) is 12.0. The van der Waals surface area contributed by atoms with Crippen LogP contribution in [-0.4, -0.2) is 168 Å². The second-order valence-electron chi connectivity index (χ2n) is 21.1. The summed E-state index contributed by atoms with van der Waals surface area (Å²) in [5.74, 6) is 0.105. The zero-order valence-corrected chi connectivity index (χ0v) is 50.8. The average Bonchev–Trinajstić information content (AvgIpc) is 4.01. The molecule has 0 aliphatic carbocycles. The smallest absolute Gasteiger partial charge is 0.411 e. The molecule has 80 heavy (non-hydrogen) atoms. The molecule has 20 nitrogen and oxygen atoms in total. The molecule has 0 radical (unpaired) electrons. The fraction of sp³-hybridized carbons (Fsp3) is 0.618. The molecule has 4 aliphatic heterocycles. The van der Waals surface area contributed by atoms with E-state index in [-0.39, 0.29) is 45.5 Å². The van der Waals surface area contributed by atoms with E-state index in [1.165, 1.54) is 25.2 Å². The second-order valence-corrected chi connectivity index (χ2v) is 27.5. The number of aliphatic hydroxyl groups excluding tert-OH is 2. The predicted molar refractivity (Wildman–Crippen MR) is 319 cm³/mol. The number of aliphatic hydroxyl groups is 2. The molecule has 9 N–H and O–H groups in total. The van der Waals surface area contributed by atoms with Gasteiger partial charge in [0.05, 0.1) is 39.4 Å².